The summed E-state index contributed by atoms with van der Waals surface area (Å²) < 4.78 is 23.0. The molecule has 0 bridgehead atoms. The predicted octanol–water partition coefficient (Wildman–Crippen LogP) is 0.238. The molecule has 8 heteroatoms. The molecular weight excluding hydrogens is 268 g/mol. The van der Waals surface area contributed by atoms with Gasteiger partial charge in [-0.3, -0.25) is 9.89 Å². The number of carbonyl (C=O) groups is 1. The molecule has 1 fully saturated rings. The van der Waals surface area contributed by atoms with Crippen LogP contribution in [0.5, 0.6) is 0 Å². The first-order valence-electron chi connectivity index (χ1n) is 6.14. The quantitative estimate of drug-likeness (QED) is 0.826. The van der Waals surface area contributed by atoms with Crippen LogP contribution in [-0.4, -0.2) is 43.0 Å². The number of H-pyrrole nitrogens is 1. The highest BCUT2D eigenvalue weighted by Crippen LogP contribution is 2.27. The van der Waals surface area contributed by atoms with E-state index in [1.165, 1.54) is 18.2 Å². The highest BCUT2D eigenvalue weighted by atomic mass is 32.2. The second-order valence-corrected chi connectivity index (χ2v) is 6.55. The summed E-state index contributed by atoms with van der Waals surface area (Å²) in [4.78, 5) is 13.5. The summed E-state index contributed by atoms with van der Waals surface area (Å²) in [6.07, 6.45) is 3.41. The van der Waals surface area contributed by atoms with Gasteiger partial charge in [-0.15, -0.1) is 0 Å². The first-order chi connectivity index (χ1) is 8.80. The van der Waals surface area contributed by atoms with Crippen LogP contribution in [0.1, 0.15) is 35.4 Å². The molecule has 1 aromatic heterocycles. The van der Waals surface area contributed by atoms with Gasteiger partial charge < -0.3 is 4.90 Å². The maximum atomic E-state index is 12.2. The topological polar surface area (TPSA) is 109 Å². The van der Waals surface area contributed by atoms with Crippen LogP contribution < -0.4 is 5.14 Å². The zero-order valence-corrected chi connectivity index (χ0v) is 11.8. The van der Waals surface area contributed by atoms with Crippen LogP contribution in [0.25, 0.3) is 0 Å². The Bertz CT molecular complexity index is 589. The van der Waals surface area contributed by atoms with E-state index < -0.39 is 15.9 Å². The summed E-state index contributed by atoms with van der Waals surface area (Å²) in [6.45, 7) is 2.14. The molecule has 106 valence electrons. The van der Waals surface area contributed by atoms with Crippen LogP contribution in [0.3, 0.4) is 0 Å². The lowest BCUT2D eigenvalue weighted by atomic mass is 9.85. The Morgan fingerprint density at radius 2 is 2.16 bits per heavy atom. The van der Waals surface area contributed by atoms with Crippen molar-refractivity contribution in [3.05, 3.63) is 11.4 Å². The van der Waals surface area contributed by atoms with Gasteiger partial charge in [-0.1, -0.05) is 6.42 Å². The van der Waals surface area contributed by atoms with E-state index in [1.807, 2.05) is 0 Å². The van der Waals surface area contributed by atoms with E-state index >= 15 is 0 Å². The van der Waals surface area contributed by atoms with E-state index in [-0.39, 0.29) is 16.3 Å². The summed E-state index contributed by atoms with van der Waals surface area (Å²) in [5, 5.41) is 11.4. The molecule has 0 atom stereocenters. The van der Waals surface area contributed by atoms with Crippen molar-refractivity contribution >= 4 is 15.9 Å². The number of sulfonamides is 1. The van der Waals surface area contributed by atoms with Crippen LogP contribution in [0.4, 0.5) is 0 Å². The number of hydrogen-bond donors (Lipinski definition) is 2. The van der Waals surface area contributed by atoms with Crippen LogP contribution in [0.2, 0.25) is 0 Å². The largest absolute Gasteiger partial charge is 0.340 e. The van der Waals surface area contributed by atoms with Crippen LogP contribution in [-0.2, 0) is 10.0 Å². The Morgan fingerprint density at radius 1 is 1.53 bits per heavy atom. The highest BCUT2D eigenvalue weighted by molar-refractivity contribution is 7.89. The minimum Gasteiger partial charge on any atom is -0.340 e. The molecule has 1 amide bonds. The van der Waals surface area contributed by atoms with E-state index in [9.17, 15) is 13.2 Å². The molecule has 3 N–H and O–H groups in total. The predicted molar refractivity (Wildman–Crippen MR) is 69.0 cm³/mol. The summed E-state index contributed by atoms with van der Waals surface area (Å²) >= 11 is 0. The maximum absolute atomic E-state index is 12.2. The third-order valence-corrected chi connectivity index (χ3v) is 4.55. The fraction of sp³-hybridized carbons (Fsp3) is 0.636. The van der Waals surface area contributed by atoms with Crippen LogP contribution in [0, 0.1) is 12.8 Å². The molecule has 2 rings (SSSR count). The third kappa shape index (κ3) is 2.79. The van der Waals surface area contributed by atoms with Crippen molar-refractivity contribution in [3.8, 4) is 0 Å². The van der Waals surface area contributed by atoms with Crippen molar-refractivity contribution in [3.63, 3.8) is 0 Å². The first-order valence-corrected chi connectivity index (χ1v) is 7.68. The molecule has 0 radical (unpaired) electrons. The number of aromatic nitrogens is 2. The van der Waals surface area contributed by atoms with Gasteiger partial charge in [0.2, 0.25) is 10.0 Å². The number of aromatic amines is 1. The molecule has 0 saturated heterocycles. The number of carbonyl (C=O) groups excluding carboxylic acids is 1. The minimum atomic E-state index is -3.96. The van der Waals surface area contributed by atoms with Gasteiger partial charge in [0.15, 0.2) is 5.69 Å². The zero-order valence-electron chi connectivity index (χ0n) is 11.0. The monoisotopic (exact) mass is 286 g/mol. The molecule has 0 unspecified atom stereocenters. The molecule has 0 aliphatic heterocycles. The molecule has 1 aromatic rings. The average Bonchev–Trinajstić information content (AvgIpc) is 2.63. The van der Waals surface area contributed by atoms with Crippen molar-refractivity contribution in [2.45, 2.75) is 31.1 Å². The molecule has 1 heterocycles. The van der Waals surface area contributed by atoms with E-state index in [2.05, 4.69) is 10.2 Å². The van der Waals surface area contributed by atoms with Gasteiger partial charge >= 0.3 is 0 Å². The molecule has 1 saturated carbocycles. The lowest BCUT2D eigenvalue weighted by Crippen LogP contribution is -2.35. The maximum Gasteiger partial charge on any atom is 0.275 e. The van der Waals surface area contributed by atoms with Gasteiger partial charge in [0.25, 0.3) is 5.91 Å². The molecule has 0 aromatic carbocycles. The summed E-state index contributed by atoms with van der Waals surface area (Å²) in [6, 6.07) is 0. The Balaban J connectivity index is 2.23. The number of rotatable bonds is 4. The fourth-order valence-corrected chi connectivity index (χ4v) is 3.11. The third-order valence-electron chi connectivity index (χ3n) is 3.48. The summed E-state index contributed by atoms with van der Waals surface area (Å²) in [5.74, 6) is 0.0900. The van der Waals surface area contributed by atoms with Gasteiger partial charge in [0.1, 0.15) is 4.90 Å². The van der Waals surface area contributed by atoms with E-state index in [1.54, 1.807) is 7.05 Å². The number of nitrogens with zero attached hydrogens (tertiary/aromatic N) is 2. The molecule has 1 aliphatic rings. The van der Waals surface area contributed by atoms with Crippen LogP contribution in [0.15, 0.2) is 4.90 Å². The van der Waals surface area contributed by atoms with Crippen LogP contribution >= 0.6 is 0 Å². The second-order valence-electron chi connectivity index (χ2n) is 5.05. The van der Waals surface area contributed by atoms with E-state index in [0.29, 0.717) is 12.5 Å². The summed E-state index contributed by atoms with van der Waals surface area (Å²) in [5.41, 5.74) is 0.157. The van der Waals surface area contributed by atoms with E-state index in [0.717, 1.165) is 12.8 Å². The Kier molecular flexibility index (Phi) is 3.64. The Morgan fingerprint density at radius 3 is 2.63 bits per heavy atom. The standard InChI is InChI=1S/C11H18N4O3S/c1-7-10(19(12,17)18)9(14-13-7)11(16)15(2)6-8-4-3-5-8/h8H,3-6H2,1-2H3,(H,13,14)(H2,12,17,18). The Labute approximate surface area is 112 Å². The SMILES string of the molecule is Cc1[nH]nc(C(=O)N(C)CC2CCC2)c1S(N)(=O)=O. The Hall–Kier alpha value is -1.41. The number of nitrogens with one attached hydrogen (secondary N) is 1. The number of amides is 1. The average molecular weight is 286 g/mol. The number of nitrogens with two attached hydrogens (primary N) is 1. The van der Waals surface area contributed by atoms with Crippen molar-refractivity contribution in [2.24, 2.45) is 11.1 Å². The van der Waals surface area contributed by atoms with E-state index in [4.69, 9.17) is 5.14 Å². The second kappa shape index (κ2) is 4.93. The molecule has 1 aliphatic carbocycles. The molecule has 19 heavy (non-hydrogen) atoms. The smallest absolute Gasteiger partial charge is 0.275 e. The molecule has 7 nitrogen and oxygen atoms in total. The summed E-state index contributed by atoms with van der Waals surface area (Å²) in [7, 11) is -2.31. The van der Waals surface area contributed by atoms with Gasteiger partial charge in [-0.25, -0.2) is 13.6 Å². The van der Waals surface area contributed by atoms with Crippen molar-refractivity contribution in [1.29, 1.82) is 0 Å². The van der Waals surface area contributed by atoms with Gasteiger partial charge in [-0.05, 0) is 25.7 Å². The molecular formula is C11H18N4O3S. The fourth-order valence-electron chi connectivity index (χ4n) is 2.24. The lowest BCUT2D eigenvalue weighted by Gasteiger charge is -2.29. The van der Waals surface area contributed by atoms with Crippen molar-refractivity contribution < 1.29 is 13.2 Å². The van der Waals surface area contributed by atoms with Crippen molar-refractivity contribution in [2.75, 3.05) is 13.6 Å². The van der Waals surface area contributed by atoms with Gasteiger partial charge in [0, 0.05) is 13.6 Å². The molecule has 0 spiro atoms. The van der Waals surface area contributed by atoms with Gasteiger partial charge in [-0.2, -0.15) is 5.10 Å². The van der Waals surface area contributed by atoms with Crippen molar-refractivity contribution in [1.82, 2.24) is 15.1 Å². The number of primary sulfonamides is 1. The minimum absolute atomic E-state index is 0.123. The van der Waals surface area contributed by atoms with Gasteiger partial charge in [0.05, 0.1) is 5.69 Å². The zero-order chi connectivity index (χ0) is 14.2. The normalized spacial score (nSPS) is 16.2. The lowest BCUT2D eigenvalue weighted by molar-refractivity contribution is 0.0735. The highest BCUT2D eigenvalue weighted by Gasteiger charge is 2.29. The first kappa shape index (κ1) is 14.0. The number of hydrogen-bond acceptors (Lipinski definition) is 4. The number of aryl methyl sites for hydroxylation is 1.